The van der Waals surface area contributed by atoms with Gasteiger partial charge in [0.15, 0.2) is 0 Å². The number of carboxylic acids is 1. The first-order valence-corrected chi connectivity index (χ1v) is 7.63. The van der Waals surface area contributed by atoms with Gasteiger partial charge < -0.3 is 31.7 Å². The summed E-state index contributed by atoms with van der Waals surface area (Å²) >= 11 is 0. The standard InChI is InChI=1S/C11H25N5O.C2HF3O2/c1-10(12)11(17)16-8-6-14-4-2-13-3-5-15-7-9-16;3-2(4,5)1(6)7/h10,13-15H,2-9,12H2,1H3;(H,6,7)/t10-;/m1./s1. The molecule has 8 nitrogen and oxygen atoms in total. The van der Waals surface area contributed by atoms with Gasteiger partial charge in [0, 0.05) is 52.4 Å². The summed E-state index contributed by atoms with van der Waals surface area (Å²) in [5.74, 6) is -2.73. The van der Waals surface area contributed by atoms with E-state index in [1.807, 2.05) is 4.90 Å². The van der Waals surface area contributed by atoms with E-state index in [9.17, 15) is 18.0 Å². The number of hydrogen-bond donors (Lipinski definition) is 5. The van der Waals surface area contributed by atoms with Gasteiger partial charge in [-0.1, -0.05) is 0 Å². The van der Waals surface area contributed by atoms with Gasteiger partial charge in [-0.05, 0) is 6.92 Å². The molecule has 0 bridgehead atoms. The number of carbonyl (C=O) groups excluding carboxylic acids is 1. The van der Waals surface area contributed by atoms with Gasteiger partial charge in [0.25, 0.3) is 0 Å². The molecule has 0 aromatic heterocycles. The average molecular weight is 357 g/mol. The van der Waals surface area contributed by atoms with Crippen LogP contribution in [0.3, 0.4) is 0 Å². The minimum Gasteiger partial charge on any atom is -0.475 e. The van der Waals surface area contributed by atoms with E-state index in [0.717, 1.165) is 52.4 Å². The zero-order valence-corrected chi connectivity index (χ0v) is 13.7. The molecule has 1 atom stereocenters. The van der Waals surface area contributed by atoms with Crippen LogP contribution in [0.4, 0.5) is 13.2 Å². The maximum Gasteiger partial charge on any atom is 0.490 e. The monoisotopic (exact) mass is 357 g/mol. The van der Waals surface area contributed by atoms with Gasteiger partial charge in [0.2, 0.25) is 5.91 Å². The number of carbonyl (C=O) groups is 2. The Morgan fingerprint density at radius 3 is 1.62 bits per heavy atom. The highest BCUT2D eigenvalue weighted by Gasteiger charge is 2.38. The van der Waals surface area contributed by atoms with Gasteiger partial charge in [-0.15, -0.1) is 0 Å². The summed E-state index contributed by atoms with van der Waals surface area (Å²) in [6.45, 7) is 8.61. The summed E-state index contributed by atoms with van der Waals surface area (Å²) < 4.78 is 31.7. The molecule has 24 heavy (non-hydrogen) atoms. The molecule has 0 radical (unpaired) electrons. The molecule has 11 heteroatoms. The summed E-state index contributed by atoms with van der Waals surface area (Å²) in [7, 11) is 0. The van der Waals surface area contributed by atoms with E-state index in [1.165, 1.54) is 0 Å². The number of alkyl halides is 3. The molecule has 0 saturated carbocycles. The second-order valence-electron chi connectivity index (χ2n) is 5.17. The third-order valence-electron chi connectivity index (χ3n) is 3.02. The van der Waals surface area contributed by atoms with Crippen LogP contribution in [0, 0.1) is 0 Å². The van der Waals surface area contributed by atoms with E-state index >= 15 is 0 Å². The number of nitrogens with zero attached hydrogens (tertiary/aromatic N) is 1. The Kier molecular flexibility index (Phi) is 11.3. The van der Waals surface area contributed by atoms with Crippen molar-refractivity contribution >= 4 is 11.9 Å². The molecule has 0 aliphatic carbocycles. The van der Waals surface area contributed by atoms with Crippen molar-refractivity contribution in [2.75, 3.05) is 52.4 Å². The first-order valence-electron chi connectivity index (χ1n) is 7.63. The molecule has 0 unspecified atom stereocenters. The van der Waals surface area contributed by atoms with Crippen LogP contribution in [0.5, 0.6) is 0 Å². The molecule has 1 amide bonds. The van der Waals surface area contributed by atoms with Crippen molar-refractivity contribution in [1.82, 2.24) is 20.9 Å². The van der Waals surface area contributed by atoms with Crippen LogP contribution in [0.15, 0.2) is 0 Å². The van der Waals surface area contributed by atoms with E-state index in [4.69, 9.17) is 15.6 Å². The number of amides is 1. The SMILES string of the molecule is C[C@@H](N)C(=O)N1CCNCCNCCNCC1.O=C(O)C(F)(F)F. The van der Waals surface area contributed by atoms with E-state index in [1.54, 1.807) is 6.92 Å². The van der Waals surface area contributed by atoms with E-state index < -0.39 is 18.2 Å². The number of rotatable bonds is 1. The van der Waals surface area contributed by atoms with Gasteiger partial charge in [0.05, 0.1) is 6.04 Å². The molecule has 1 saturated heterocycles. The first kappa shape index (κ1) is 22.6. The number of nitrogens with two attached hydrogens (primary N) is 1. The summed E-state index contributed by atoms with van der Waals surface area (Å²) in [5, 5.41) is 17.1. The van der Waals surface area contributed by atoms with Crippen LogP contribution in [0.2, 0.25) is 0 Å². The number of hydrogen-bond acceptors (Lipinski definition) is 6. The molecule has 1 aliphatic rings. The lowest BCUT2D eigenvalue weighted by molar-refractivity contribution is -0.192. The van der Waals surface area contributed by atoms with Crippen molar-refractivity contribution in [1.29, 1.82) is 0 Å². The zero-order chi connectivity index (χ0) is 18.6. The molecular formula is C13H26F3N5O3. The number of carboxylic acid groups (broad SMARTS) is 1. The Labute approximate surface area is 138 Å². The van der Waals surface area contributed by atoms with Crippen molar-refractivity contribution in [3.63, 3.8) is 0 Å². The highest BCUT2D eigenvalue weighted by Crippen LogP contribution is 2.13. The lowest BCUT2D eigenvalue weighted by atomic mass is 10.3. The largest absolute Gasteiger partial charge is 0.490 e. The van der Waals surface area contributed by atoms with Gasteiger partial charge in [-0.2, -0.15) is 13.2 Å². The minimum atomic E-state index is -5.08. The van der Waals surface area contributed by atoms with Crippen LogP contribution in [0.25, 0.3) is 0 Å². The van der Waals surface area contributed by atoms with Gasteiger partial charge in [-0.25, -0.2) is 4.79 Å². The summed E-state index contributed by atoms with van der Waals surface area (Å²) in [6, 6.07) is -0.412. The predicted molar refractivity (Wildman–Crippen MR) is 82.5 cm³/mol. The van der Waals surface area contributed by atoms with E-state index in [0.29, 0.717) is 0 Å². The fraction of sp³-hybridized carbons (Fsp3) is 0.846. The van der Waals surface area contributed by atoms with Gasteiger partial charge in [0.1, 0.15) is 0 Å². The number of aliphatic carboxylic acids is 1. The van der Waals surface area contributed by atoms with Crippen molar-refractivity contribution in [2.45, 2.75) is 19.1 Å². The summed E-state index contributed by atoms with van der Waals surface area (Å²) in [4.78, 5) is 22.6. The normalized spacial score (nSPS) is 19.1. The minimum absolute atomic E-state index is 0.0313. The molecule has 1 heterocycles. The Morgan fingerprint density at radius 1 is 1.00 bits per heavy atom. The van der Waals surface area contributed by atoms with Crippen LogP contribution >= 0.6 is 0 Å². The predicted octanol–water partition coefficient (Wildman–Crippen LogP) is -1.42. The second kappa shape index (κ2) is 12.0. The van der Waals surface area contributed by atoms with Gasteiger partial charge >= 0.3 is 12.1 Å². The first-order chi connectivity index (χ1) is 11.2. The maximum atomic E-state index is 11.8. The van der Waals surface area contributed by atoms with Crippen molar-refractivity contribution in [2.24, 2.45) is 5.73 Å². The molecule has 1 aliphatic heterocycles. The molecular weight excluding hydrogens is 331 g/mol. The second-order valence-corrected chi connectivity index (χ2v) is 5.17. The number of nitrogens with one attached hydrogen (secondary N) is 3. The van der Waals surface area contributed by atoms with Crippen molar-refractivity contribution in [3.05, 3.63) is 0 Å². The summed E-state index contributed by atoms with van der Waals surface area (Å²) in [5.41, 5.74) is 5.64. The molecule has 1 fully saturated rings. The van der Waals surface area contributed by atoms with E-state index in [-0.39, 0.29) is 5.91 Å². The Bertz CT molecular complexity index is 368. The highest BCUT2D eigenvalue weighted by atomic mass is 19.4. The molecule has 6 N–H and O–H groups in total. The van der Waals surface area contributed by atoms with Gasteiger partial charge in [-0.3, -0.25) is 4.79 Å². The topological polar surface area (TPSA) is 120 Å². The summed E-state index contributed by atoms with van der Waals surface area (Å²) in [6.07, 6.45) is -5.08. The zero-order valence-electron chi connectivity index (χ0n) is 13.7. The average Bonchev–Trinajstić information content (AvgIpc) is 2.46. The lowest BCUT2D eigenvalue weighted by Gasteiger charge is -2.25. The van der Waals surface area contributed by atoms with Crippen molar-refractivity contribution < 1.29 is 27.9 Å². The Morgan fingerprint density at radius 2 is 1.33 bits per heavy atom. The molecule has 0 aromatic rings. The molecule has 142 valence electrons. The van der Waals surface area contributed by atoms with Crippen LogP contribution < -0.4 is 21.7 Å². The quantitative estimate of drug-likeness (QED) is 0.391. The molecule has 0 spiro atoms. The third kappa shape index (κ3) is 11.2. The fourth-order valence-electron chi connectivity index (χ4n) is 1.78. The smallest absolute Gasteiger partial charge is 0.475 e. The Balaban J connectivity index is 0.000000640. The van der Waals surface area contributed by atoms with Crippen LogP contribution in [-0.2, 0) is 9.59 Å². The van der Waals surface area contributed by atoms with E-state index in [2.05, 4.69) is 16.0 Å². The van der Waals surface area contributed by atoms with Crippen molar-refractivity contribution in [3.8, 4) is 0 Å². The fourth-order valence-corrected chi connectivity index (χ4v) is 1.78. The highest BCUT2D eigenvalue weighted by molar-refractivity contribution is 5.81. The lowest BCUT2D eigenvalue weighted by Crippen LogP contribution is -2.48. The van der Waals surface area contributed by atoms with Crippen LogP contribution in [0.1, 0.15) is 6.92 Å². The molecule has 0 aromatic carbocycles. The molecule has 1 rings (SSSR count). The van der Waals surface area contributed by atoms with Crippen LogP contribution in [-0.4, -0.2) is 86.5 Å². The Hall–Kier alpha value is -1.43. The third-order valence-corrected chi connectivity index (χ3v) is 3.02. The maximum absolute atomic E-state index is 11.8. The number of halogens is 3.